The van der Waals surface area contributed by atoms with Gasteiger partial charge in [-0.2, -0.15) is 13.2 Å². The minimum atomic E-state index is -4.71. The summed E-state index contributed by atoms with van der Waals surface area (Å²) in [7, 11) is 0. The summed E-state index contributed by atoms with van der Waals surface area (Å²) in [6, 6.07) is 0.418. The van der Waals surface area contributed by atoms with E-state index < -0.39 is 18.0 Å². The number of carbonyl (C=O) groups excluding carboxylic acids is 1. The number of anilines is 2. The number of alkyl halides is 3. The highest BCUT2D eigenvalue weighted by atomic mass is 19.4. The summed E-state index contributed by atoms with van der Waals surface area (Å²) in [6.07, 6.45) is -4.71. The van der Waals surface area contributed by atoms with Crippen LogP contribution in [0.4, 0.5) is 24.8 Å². The van der Waals surface area contributed by atoms with Crippen LogP contribution in [0.25, 0.3) is 0 Å². The van der Waals surface area contributed by atoms with E-state index in [9.17, 15) is 18.0 Å². The molecule has 1 aromatic heterocycles. The fraction of sp³-hybridized carbons (Fsp3) is 0.500. The molecule has 0 spiro atoms. The first-order valence-electron chi connectivity index (χ1n) is 5.75. The predicted octanol–water partition coefficient (Wildman–Crippen LogP) is 0.718. The zero-order valence-corrected chi connectivity index (χ0v) is 10.9. The van der Waals surface area contributed by atoms with Crippen molar-refractivity contribution < 1.29 is 18.0 Å². The molecule has 0 aliphatic heterocycles. The van der Waals surface area contributed by atoms with Crippen molar-refractivity contribution in [1.29, 1.82) is 0 Å². The summed E-state index contributed by atoms with van der Waals surface area (Å²) in [4.78, 5) is 18.0. The van der Waals surface area contributed by atoms with E-state index in [2.05, 4.69) is 20.6 Å². The van der Waals surface area contributed by atoms with E-state index in [-0.39, 0.29) is 17.5 Å². The summed E-state index contributed by atoms with van der Waals surface area (Å²) in [6.45, 7) is 3.64. The molecule has 0 aliphatic carbocycles. The molecule has 10 heteroatoms. The lowest BCUT2D eigenvalue weighted by Gasteiger charge is -2.15. The Morgan fingerprint density at radius 2 is 2.00 bits per heavy atom. The van der Waals surface area contributed by atoms with Crippen LogP contribution in [0.5, 0.6) is 0 Å². The van der Waals surface area contributed by atoms with Crippen LogP contribution < -0.4 is 21.9 Å². The van der Waals surface area contributed by atoms with Crippen LogP contribution in [0.2, 0.25) is 0 Å². The van der Waals surface area contributed by atoms with Gasteiger partial charge in [-0.15, -0.1) is 0 Å². The first-order chi connectivity index (χ1) is 9.27. The summed E-state index contributed by atoms with van der Waals surface area (Å²) in [5, 5.41) is 5.09. The van der Waals surface area contributed by atoms with Gasteiger partial charge in [0.2, 0.25) is 11.7 Å². The van der Waals surface area contributed by atoms with E-state index in [4.69, 9.17) is 5.84 Å². The van der Waals surface area contributed by atoms with Gasteiger partial charge in [-0.3, -0.25) is 4.79 Å². The van der Waals surface area contributed by atoms with Gasteiger partial charge in [-0.25, -0.2) is 15.8 Å². The third-order valence-corrected chi connectivity index (χ3v) is 2.24. The average molecular weight is 292 g/mol. The number of nitrogen functional groups attached to an aromatic ring is 1. The minimum Gasteiger partial charge on any atom is -0.358 e. The zero-order chi connectivity index (χ0) is 15.3. The molecular weight excluding hydrogens is 277 g/mol. The lowest BCUT2D eigenvalue weighted by atomic mass is 10.3. The lowest BCUT2D eigenvalue weighted by Crippen LogP contribution is -2.37. The minimum absolute atomic E-state index is 0.154. The summed E-state index contributed by atoms with van der Waals surface area (Å²) in [5.41, 5.74) is 2.02. The molecule has 0 saturated heterocycles. The van der Waals surface area contributed by atoms with Crippen molar-refractivity contribution in [3.8, 4) is 0 Å². The monoisotopic (exact) mass is 292 g/mol. The van der Waals surface area contributed by atoms with E-state index in [1.165, 1.54) is 13.0 Å². The van der Waals surface area contributed by atoms with Gasteiger partial charge in [-0.1, -0.05) is 0 Å². The standard InChI is InChI=1S/C10H15F3N6O/c1-3-15-8(20)5(2)16-6-4-7(19-14)18-9(17-6)10(11,12)13/h4-5H,3,14H2,1-2H3,(H,15,20)(H2,16,17,18,19). The summed E-state index contributed by atoms with van der Waals surface area (Å²) < 4.78 is 37.8. The predicted molar refractivity (Wildman–Crippen MR) is 66.6 cm³/mol. The Kier molecular flexibility index (Phi) is 5.08. The van der Waals surface area contributed by atoms with E-state index in [0.717, 1.165) is 0 Å². The number of carbonyl (C=O) groups is 1. The number of hydrogen-bond donors (Lipinski definition) is 4. The van der Waals surface area contributed by atoms with Crippen LogP contribution in [0.15, 0.2) is 6.07 Å². The molecule has 0 bridgehead atoms. The first-order valence-corrected chi connectivity index (χ1v) is 5.75. The molecule has 0 fully saturated rings. The number of hydrazine groups is 1. The highest BCUT2D eigenvalue weighted by molar-refractivity contribution is 5.83. The fourth-order valence-electron chi connectivity index (χ4n) is 1.34. The van der Waals surface area contributed by atoms with Crippen LogP contribution in [-0.2, 0) is 11.0 Å². The molecule has 0 radical (unpaired) electrons. The molecule has 0 saturated carbocycles. The first kappa shape index (κ1) is 16.0. The van der Waals surface area contributed by atoms with Gasteiger partial charge in [0.1, 0.15) is 17.7 Å². The Balaban J connectivity index is 2.97. The SMILES string of the molecule is CCNC(=O)C(C)Nc1cc(NN)nc(C(F)(F)F)n1. The van der Waals surface area contributed by atoms with E-state index in [0.29, 0.717) is 6.54 Å². The zero-order valence-electron chi connectivity index (χ0n) is 10.9. The third kappa shape index (κ3) is 4.23. The third-order valence-electron chi connectivity index (χ3n) is 2.24. The quantitative estimate of drug-likeness (QED) is 0.471. The molecule has 112 valence electrons. The van der Waals surface area contributed by atoms with E-state index in [1.54, 1.807) is 6.92 Å². The Bertz CT molecular complexity index is 479. The number of nitrogens with one attached hydrogen (secondary N) is 3. The maximum absolute atomic E-state index is 12.6. The second-order valence-corrected chi connectivity index (χ2v) is 3.86. The fourth-order valence-corrected chi connectivity index (χ4v) is 1.34. The molecule has 1 aromatic rings. The topological polar surface area (TPSA) is 105 Å². The van der Waals surface area contributed by atoms with Gasteiger partial charge in [0, 0.05) is 12.6 Å². The van der Waals surface area contributed by atoms with Crippen molar-refractivity contribution in [3.05, 3.63) is 11.9 Å². The molecule has 20 heavy (non-hydrogen) atoms. The Labute approximate surface area is 113 Å². The number of hydrogen-bond acceptors (Lipinski definition) is 6. The van der Waals surface area contributed by atoms with Gasteiger partial charge in [0.05, 0.1) is 0 Å². The van der Waals surface area contributed by atoms with Gasteiger partial charge >= 0.3 is 6.18 Å². The maximum Gasteiger partial charge on any atom is 0.451 e. The summed E-state index contributed by atoms with van der Waals surface area (Å²) in [5.74, 6) is 2.98. The highest BCUT2D eigenvalue weighted by Gasteiger charge is 2.35. The van der Waals surface area contributed by atoms with Crippen molar-refractivity contribution in [2.24, 2.45) is 5.84 Å². The second kappa shape index (κ2) is 6.37. The number of rotatable bonds is 5. The average Bonchev–Trinajstić information content (AvgIpc) is 2.37. The maximum atomic E-state index is 12.6. The molecule has 5 N–H and O–H groups in total. The van der Waals surface area contributed by atoms with Crippen molar-refractivity contribution >= 4 is 17.5 Å². The van der Waals surface area contributed by atoms with Crippen molar-refractivity contribution in [1.82, 2.24) is 15.3 Å². The number of nitrogens with zero attached hydrogens (tertiary/aromatic N) is 2. The van der Waals surface area contributed by atoms with E-state index in [1.807, 2.05) is 5.43 Å². The molecule has 0 aliphatic rings. The second-order valence-electron chi connectivity index (χ2n) is 3.86. The Hall–Kier alpha value is -2.10. The molecular formula is C10H15F3N6O. The van der Waals surface area contributed by atoms with Gasteiger partial charge in [0.25, 0.3) is 0 Å². The molecule has 1 amide bonds. The summed E-state index contributed by atoms with van der Waals surface area (Å²) >= 11 is 0. The van der Waals surface area contributed by atoms with Gasteiger partial charge < -0.3 is 16.1 Å². The van der Waals surface area contributed by atoms with Crippen LogP contribution in [0.3, 0.4) is 0 Å². The van der Waals surface area contributed by atoms with E-state index >= 15 is 0 Å². The van der Waals surface area contributed by atoms with Gasteiger partial charge in [0.15, 0.2) is 0 Å². The Morgan fingerprint density at radius 1 is 1.40 bits per heavy atom. The van der Waals surface area contributed by atoms with Crippen molar-refractivity contribution in [3.63, 3.8) is 0 Å². The number of aromatic nitrogens is 2. The normalized spacial score (nSPS) is 12.7. The van der Waals surface area contributed by atoms with Crippen molar-refractivity contribution in [2.45, 2.75) is 26.1 Å². The molecule has 7 nitrogen and oxygen atoms in total. The highest BCUT2D eigenvalue weighted by Crippen LogP contribution is 2.28. The number of halogens is 3. The molecule has 1 rings (SSSR count). The lowest BCUT2D eigenvalue weighted by molar-refractivity contribution is -0.144. The van der Waals surface area contributed by atoms with Crippen LogP contribution in [0, 0.1) is 0 Å². The van der Waals surface area contributed by atoms with Crippen LogP contribution in [-0.4, -0.2) is 28.5 Å². The molecule has 1 heterocycles. The van der Waals surface area contributed by atoms with Crippen LogP contribution in [0.1, 0.15) is 19.7 Å². The van der Waals surface area contributed by atoms with Gasteiger partial charge in [-0.05, 0) is 13.8 Å². The molecule has 1 atom stereocenters. The molecule has 1 unspecified atom stereocenters. The largest absolute Gasteiger partial charge is 0.451 e. The van der Waals surface area contributed by atoms with Crippen LogP contribution >= 0.6 is 0 Å². The smallest absolute Gasteiger partial charge is 0.358 e. The number of amides is 1. The number of nitrogens with two attached hydrogens (primary N) is 1. The number of likely N-dealkylation sites (N-methyl/N-ethyl adjacent to an activating group) is 1. The van der Waals surface area contributed by atoms with Crippen molar-refractivity contribution in [2.75, 3.05) is 17.3 Å². The Morgan fingerprint density at radius 3 is 2.50 bits per heavy atom. The molecule has 0 aromatic carbocycles.